The van der Waals surface area contributed by atoms with Gasteiger partial charge in [-0.1, -0.05) is 0 Å². The summed E-state index contributed by atoms with van der Waals surface area (Å²) >= 11 is 1.39. The van der Waals surface area contributed by atoms with E-state index in [9.17, 15) is 13.2 Å². The fourth-order valence-electron chi connectivity index (χ4n) is 2.14. The molecule has 0 bridgehead atoms. The highest BCUT2D eigenvalue weighted by molar-refractivity contribution is 7.89. The van der Waals surface area contributed by atoms with E-state index in [1.165, 1.54) is 41.9 Å². The van der Waals surface area contributed by atoms with E-state index in [2.05, 4.69) is 15.0 Å². The van der Waals surface area contributed by atoms with Gasteiger partial charge >= 0.3 is 0 Å². The molecule has 0 unspecified atom stereocenters. The van der Waals surface area contributed by atoms with Crippen molar-refractivity contribution in [3.05, 3.63) is 64.6 Å². The molecule has 0 atom stereocenters. The Hall–Kier alpha value is -2.49. The van der Waals surface area contributed by atoms with Crippen molar-refractivity contribution in [1.82, 2.24) is 9.71 Å². The first kappa shape index (κ1) is 18.3. The molecular weight excluding hydrogens is 374 g/mol. The number of aromatic nitrogens is 1. The van der Waals surface area contributed by atoms with Crippen molar-refractivity contribution < 1.29 is 17.6 Å². The van der Waals surface area contributed by atoms with Crippen LogP contribution >= 0.6 is 11.3 Å². The maximum absolute atomic E-state index is 12.3. The number of furan rings is 1. The van der Waals surface area contributed by atoms with Crippen LogP contribution in [0.25, 0.3) is 0 Å². The molecule has 0 fully saturated rings. The summed E-state index contributed by atoms with van der Waals surface area (Å²) in [7, 11) is -3.69. The highest BCUT2D eigenvalue weighted by atomic mass is 32.2. The van der Waals surface area contributed by atoms with Crippen LogP contribution in [0.4, 0.5) is 5.13 Å². The van der Waals surface area contributed by atoms with Crippen molar-refractivity contribution in [3.63, 3.8) is 0 Å². The minimum absolute atomic E-state index is 0.0559. The lowest BCUT2D eigenvalue weighted by Gasteiger charge is -2.07. The SMILES string of the molecule is Cc1nc(NC(=O)c2ccc(S(=O)(=O)NCc3ccco3)cc2)sc1C. The maximum Gasteiger partial charge on any atom is 0.257 e. The van der Waals surface area contributed by atoms with E-state index in [-0.39, 0.29) is 17.3 Å². The fraction of sp³-hybridized carbons (Fsp3) is 0.176. The smallest absolute Gasteiger partial charge is 0.257 e. The number of benzene rings is 1. The summed E-state index contributed by atoms with van der Waals surface area (Å²) in [5, 5.41) is 3.23. The van der Waals surface area contributed by atoms with E-state index in [1.807, 2.05) is 13.8 Å². The molecule has 0 aliphatic heterocycles. The number of carbonyl (C=O) groups excluding carboxylic acids is 1. The Bertz CT molecular complexity index is 987. The van der Waals surface area contributed by atoms with Gasteiger partial charge in [0.1, 0.15) is 5.76 Å². The lowest BCUT2D eigenvalue weighted by Crippen LogP contribution is -2.23. The van der Waals surface area contributed by atoms with Crippen LogP contribution in [0.5, 0.6) is 0 Å². The summed E-state index contributed by atoms with van der Waals surface area (Å²) in [6.07, 6.45) is 1.47. The highest BCUT2D eigenvalue weighted by Gasteiger charge is 2.16. The van der Waals surface area contributed by atoms with Crippen LogP contribution in [-0.2, 0) is 16.6 Å². The number of nitrogens with zero attached hydrogens (tertiary/aromatic N) is 1. The van der Waals surface area contributed by atoms with Crippen LogP contribution in [0.2, 0.25) is 0 Å². The number of sulfonamides is 1. The Morgan fingerprint density at radius 3 is 2.50 bits per heavy atom. The molecule has 0 spiro atoms. The molecule has 0 saturated heterocycles. The number of anilines is 1. The molecule has 0 saturated carbocycles. The molecule has 7 nitrogen and oxygen atoms in total. The Labute approximate surface area is 155 Å². The summed E-state index contributed by atoms with van der Waals surface area (Å²) < 4.78 is 32.1. The zero-order chi connectivity index (χ0) is 18.7. The third kappa shape index (κ3) is 4.18. The van der Waals surface area contributed by atoms with Crippen molar-refractivity contribution in [2.24, 2.45) is 0 Å². The zero-order valence-corrected chi connectivity index (χ0v) is 15.8. The first-order chi connectivity index (χ1) is 12.3. The number of aryl methyl sites for hydroxylation is 2. The van der Waals surface area contributed by atoms with Crippen LogP contribution in [0.3, 0.4) is 0 Å². The van der Waals surface area contributed by atoms with Crippen LogP contribution in [0.15, 0.2) is 52.0 Å². The summed E-state index contributed by atoms with van der Waals surface area (Å²) in [5.41, 5.74) is 1.22. The average Bonchev–Trinajstić information content (AvgIpc) is 3.23. The van der Waals surface area contributed by atoms with Crippen LogP contribution in [0, 0.1) is 13.8 Å². The minimum atomic E-state index is -3.69. The molecule has 3 rings (SSSR count). The van der Waals surface area contributed by atoms with Crippen LogP contribution in [-0.4, -0.2) is 19.3 Å². The second-order valence-electron chi connectivity index (χ2n) is 5.54. The third-order valence-electron chi connectivity index (χ3n) is 3.69. The topological polar surface area (TPSA) is 101 Å². The molecule has 0 aliphatic carbocycles. The molecular formula is C17H17N3O4S2. The Morgan fingerprint density at radius 2 is 1.92 bits per heavy atom. The van der Waals surface area contributed by atoms with Crippen molar-refractivity contribution in [2.75, 3.05) is 5.32 Å². The molecule has 2 aromatic heterocycles. The van der Waals surface area contributed by atoms with Gasteiger partial charge in [-0.25, -0.2) is 18.1 Å². The second kappa shape index (κ2) is 7.40. The molecule has 136 valence electrons. The van der Waals surface area contributed by atoms with Gasteiger partial charge in [0, 0.05) is 10.4 Å². The fourth-order valence-corrected chi connectivity index (χ4v) is 3.95. The van der Waals surface area contributed by atoms with Gasteiger partial charge in [-0.2, -0.15) is 0 Å². The van der Waals surface area contributed by atoms with Crippen molar-refractivity contribution in [3.8, 4) is 0 Å². The third-order valence-corrected chi connectivity index (χ3v) is 6.10. The van der Waals surface area contributed by atoms with Gasteiger partial charge in [-0.15, -0.1) is 11.3 Å². The summed E-state index contributed by atoms with van der Waals surface area (Å²) in [6, 6.07) is 9.06. The molecule has 9 heteroatoms. The van der Waals surface area contributed by atoms with Gasteiger partial charge in [-0.05, 0) is 50.2 Å². The number of carbonyl (C=O) groups is 1. The van der Waals surface area contributed by atoms with Gasteiger partial charge in [0.25, 0.3) is 5.91 Å². The first-order valence-corrected chi connectivity index (χ1v) is 10.0. The number of hydrogen-bond acceptors (Lipinski definition) is 6. The average molecular weight is 391 g/mol. The lowest BCUT2D eigenvalue weighted by molar-refractivity contribution is 0.102. The van der Waals surface area contributed by atoms with Gasteiger partial charge in [-0.3, -0.25) is 10.1 Å². The van der Waals surface area contributed by atoms with E-state index >= 15 is 0 Å². The number of amides is 1. The van der Waals surface area contributed by atoms with Crippen molar-refractivity contribution >= 4 is 32.4 Å². The molecule has 2 N–H and O–H groups in total. The first-order valence-electron chi connectivity index (χ1n) is 7.72. The van der Waals surface area contributed by atoms with E-state index in [4.69, 9.17) is 4.42 Å². The molecule has 2 heterocycles. The molecule has 1 amide bonds. The number of thiazole rings is 1. The molecule has 3 aromatic rings. The maximum atomic E-state index is 12.3. The van der Waals surface area contributed by atoms with Gasteiger partial charge in [0.15, 0.2) is 5.13 Å². The Kier molecular flexibility index (Phi) is 5.21. The van der Waals surface area contributed by atoms with E-state index in [0.29, 0.717) is 16.5 Å². The number of hydrogen-bond donors (Lipinski definition) is 2. The minimum Gasteiger partial charge on any atom is -0.468 e. The van der Waals surface area contributed by atoms with Crippen molar-refractivity contribution in [2.45, 2.75) is 25.3 Å². The van der Waals surface area contributed by atoms with Gasteiger partial charge in [0.2, 0.25) is 10.0 Å². The number of rotatable bonds is 6. The van der Waals surface area contributed by atoms with Crippen LogP contribution < -0.4 is 10.0 Å². The largest absolute Gasteiger partial charge is 0.468 e. The van der Waals surface area contributed by atoms with E-state index in [0.717, 1.165) is 10.6 Å². The van der Waals surface area contributed by atoms with E-state index < -0.39 is 10.0 Å². The highest BCUT2D eigenvalue weighted by Crippen LogP contribution is 2.22. The molecule has 0 radical (unpaired) electrons. The van der Waals surface area contributed by atoms with E-state index in [1.54, 1.807) is 12.1 Å². The summed E-state index contributed by atoms with van der Waals surface area (Å²) in [6.45, 7) is 3.86. The molecule has 0 aliphatic rings. The molecule has 26 heavy (non-hydrogen) atoms. The van der Waals surface area contributed by atoms with Crippen molar-refractivity contribution in [1.29, 1.82) is 0 Å². The number of nitrogens with one attached hydrogen (secondary N) is 2. The summed E-state index contributed by atoms with van der Waals surface area (Å²) in [4.78, 5) is 17.6. The Balaban J connectivity index is 1.67. The molecule has 1 aromatic carbocycles. The Morgan fingerprint density at radius 1 is 1.19 bits per heavy atom. The quantitative estimate of drug-likeness (QED) is 0.672. The summed E-state index contributed by atoms with van der Waals surface area (Å²) in [5.74, 6) is 0.171. The van der Waals surface area contributed by atoms with Crippen LogP contribution in [0.1, 0.15) is 26.7 Å². The van der Waals surface area contributed by atoms with Gasteiger partial charge in [0.05, 0.1) is 23.4 Å². The zero-order valence-electron chi connectivity index (χ0n) is 14.1. The monoisotopic (exact) mass is 391 g/mol. The standard InChI is InChI=1S/C17H17N3O4S2/c1-11-12(2)25-17(19-11)20-16(21)13-5-7-15(8-6-13)26(22,23)18-10-14-4-3-9-24-14/h3-9,18H,10H2,1-2H3,(H,19,20,21). The predicted octanol–water partition coefficient (Wildman–Crippen LogP) is 3.08. The normalized spacial score (nSPS) is 11.5. The van der Waals surface area contributed by atoms with Gasteiger partial charge < -0.3 is 4.42 Å². The predicted molar refractivity (Wildman–Crippen MR) is 98.7 cm³/mol. The lowest BCUT2D eigenvalue weighted by atomic mass is 10.2. The second-order valence-corrected chi connectivity index (χ2v) is 8.51.